The van der Waals surface area contributed by atoms with Gasteiger partial charge in [-0.2, -0.15) is 10.2 Å². The van der Waals surface area contributed by atoms with Crippen molar-refractivity contribution in [2.45, 2.75) is 0 Å². The number of fused-ring (bicyclic) bond motifs is 3. The minimum absolute atomic E-state index is 0.547. The van der Waals surface area contributed by atoms with Gasteiger partial charge in [0, 0.05) is 10.0 Å². The van der Waals surface area contributed by atoms with Crippen molar-refractivity contribution in [3.05, 3.63) is 77.7 Å². The Balaban J connectivity index is 1.45. The molecule has 0 aliphatic carbocycles. The summed E-state index contributed by atoms with van der Waals surface area (Å²) in [6.45, 7) is 0. The number of aromatic amines is 1. The number of benzene rings is 2. The summed E-state index contributed by atoms with van der Waals surface area (Å²) < 4.78 is 4.46. The first-order chi connectivity index (χ1) is 14.8. The topological polar surface area (TPSA) is 89.6 Å². The second-order valence-electron chi connectivity index (χ2n) is 6.75. The van der Waals surface area contributed by atoms with Gasteiger partial charge in [-0.3, -0.25) is 5.10 Å². The van der Waals surface area contributed by atoms with E-state index in [0.717, 1.165) is 38.1 Å². The zero-order chi connectivity index (χ0) is 20.1. The molecule has 6 rings (SSSR count). The van der Waals surface area contributed by atoms with Gasteiger partial charge in [0.05, 0.1) is 23.0 Å². The SMILES string of the molecule is Brc1cccc(-c2cc(-c3nc4c5cnn(-c6ccccc6)c5ncn4n3)[nH]n2)c1. The van der Waals surface area contributed by atoms with E-state index in [1.807, 2.05) is 60.7 Å². The van der Waals surface area contributed by atoms with Gasteiger partial charge in [0.2, 0.25) is 0 Å². The summed E-state index contributed by atoms with van der Waals surface area (Å²) in [5.41, 5.74) is 4.92. The summed E-state index contributed by atoms with van der Waals surface area (Å²) in [6, 6.07) is 19.8. The molecule has 9 heteroatoms. The van der Waals surface area contributed by atoms with Gasteiger partial charge in [-0.25, -0.2) is 19.2 Å². The Morgan fingerprint density at radius 3 is 2.70 bits per heavy atom. The largest absolute Gasteiger partial charge is 0.274 e. The lowest BCUT2D eigenvalue weighted by Crippen LogP contribution is -1.98. The van der Waals surface area contributed by atoms with Crippen molar-refractivity contribution < 1.29 is 0 Å². The maximum Gasteiger partial charge on any atom is 0.200 e. The first kappa shape index (κ1) is 17.0. The summed E-state index contributed by atoms with van der Waals surface area (Å²) in [5, 5.41) is 17.3. The van der Waals surface area contributed by atoms with Crippen LogP contribution in [-0.4, -0.2) is 39.6 Å². The van der Waals surface area contributed by atoms with E-state index < -0.39 is 0 Å². The first-order valence-electron chi connectivity index (χ1n) is 9.22. The highest BCUT2D eigenvalue weighted by atomic mass is 79.9. The molecule has 8 nitrogen and oxygen atoms in total. The molecule has 0 saturated carbocycles. The van der Waals surface area contributed by atoms with Crippen molar-refractivity contribution in [1.29, 1.82) is 0 Å². The number of para-hydroxylation sites is 1. The van der Waals surface area contributed by atoms with E-state index in [9.17, 15) is 0 Å². The molecule has 2 aromatic carbocycles. The summed E-state index contributed by atoms with van der Waals surface area (Å²) in [5.74, 6) is 0.547. The quantitative estimate of drug-likeness (QED) is 0.429. The van der Waals surface area contributed by atoms with Crippen LogP contribution in [0.2, 0.25) is 0 Å². The van der Waals surface area contributed by atoms with Crippen LogP contribution in [0.15, 0.2) is 77.7 Å². The fourth-order valence-corrected chi connectivity index (χ4v) is 3.82. The van der Waals surface area contributed by atoms with E-state index in [1.54, 1.807) is 21.7 Å². The van der Waals surface area contributed by atoms with Crippen molar-refractivity contribution in [1.82, 2.24) is 39.6 Å². The van der Waals surface area contributed by atoms with Crippen molar-refractivity contribution in [3.63, 3.8) is 0 Å². The highest BCUT2D eigenvalue weighted by molar-refractivity contribution is 9.10. The first-order valence-corrected chi connectivity index (χ1v) is 10.0. The van der Waals surface area contributed by atoms with Gasteiger partial charge in [-0.05, 0) is 30.3 Å². The predicted molar refractivity (Wildman–Crippen MR) is 116 cm³/mol. The molecule has 0 bridgehead atoms. The van der Waals surface area contributed by atoms with Gasteiger partial charge in [-0.15, -0.1) is 5.10 Å². The zero-order valence-corrected chi connectivity index (χ0v) is 17.0. The molecule has 4 heterocycles. The Labute approximate surface area is 178 Å². The molecule has 0 aliphatic heterocycles. The molecule has 4 aromatic heterocycles. The van der Waals surface area contributed by atoms with Crippen LogP contribution in [0.4, 0.5) is 0 Å². The van der Waals surface area contributed by atoms with Crippen LogP contribution < -0.4 is 0 Å². The normalized spacial score (nSPS) is 11.5. The number of H-pyrrole nitrogens is 1. The molecular weight excluding hydrogens is 444 g/mol. The van der Waals surface area contributed by atoms with E-state index >= 15 is 0 Å². The summed E-state index contributed by atoms with van der Waals surface area (Å²) >= 11 is 3.50. The Morgan fingerprint density at radius 1 is 0.933 bits per heavy atom. The van der Waals surface area contributed by atoms with Gasteiger partial charge >= 0.3 is 0 Å². The molecule has 0 fully saturated rings. The number of halogens is 1. The maximum absolute atomic E-state index is 4.72. The number of hydrogen-bond donors (Lipinski definition) is 1. The lowest BCUT2D eigenvalue weighted by atomic mass is 10.1. The van der Waals surface area contributed by atoms with E-state index in [-0.39, 0.29) is 0 Å². The molecule has 144 valence electrons. The second-order valence-corrected chi connectivity index (χ2v) is 7.67. The number of rotatable bonds is 3. The van der Waals surface area contributed by atoms with Crippen LogP contribution >= 0.6 is 15.9 Å². The molecule has 0 aliphatic rings. The zero-order valence-electron chi connectivity index (χ0n) is 15.4. The van der Waals surface area contributed by atoms with Crippen LogP contribution in [0.3, 0.4) is 0 Å². The van der Waals surface area contributed by atoms with Crippen LogP contribution in [-0.2, 0) is 0 Å². The fraction of sp³-hybridized carbons (Fsp3) is 0. The average Bonchev–Trinajstić information content (AvgIpc) is 3.50. The monoisotopic (exact) mass is 456 g/mol. The van der Waals surface area contributed by atoms with E-state index in [2.05, 4.69) is 41.3 Å². The molecule has 0 atom stereocenters. The number of nitrogens with one attached hydrogen (secondary N) is 1. The van der Waals surface area contributed by atoms with E-state index in [0.29, 0.717) is 11.5 Å². The summed E-state index contributed by atoms with van der Waals surface area (Å²) in [6.07, 6.45) is 3.42. The summed E-state index contributed by atoms with van der Waals surface area (Å²) in [4.78, 5) is 9.27. The lowest BCUT2D eigenvalue weighted by Gasteiger charge is -2.01. The average molecular weight is 457 g/mol. The Morgan fingerprint density at radius 2 is 1.83 bits per heavy atom. The van der Waals surface area contributed by atoms with Crippen LogP contribution in [0.1, 0.15) is 0 Å². The standard InChI is InChI=1S/C21H13BrN8/c22-14-6-4-5-13(9-14)17-10-18(27-26-17)19-25-21-16-11-24-30(15-7-2-1-3-8-15)20(16)23-12-29(21)28-19/h1-12H,(H,26,27). The fourth-order valence-electron chi connectivity index (χ4n) is 3.42. The van der Waals surface area contributed by atoms with Crippen LogP contribution in [0.25, 0.3) is 45.1 Å². The molecule has 0 amide bonds. The Kier molecular flexibility index (Phi) is 3.75. The second kappa shape index (κ2) is 6.60. The van der Waals surface area contributed by atoms with Gasteiger partial charge in [-0.1, -0.05) is 46.3 Å². The van der Waals surface area contributed by atoms with E-state index in [1.165, 1.54) is 0 Å². The Hall–Kier alpha value is -3.85. The molecule has 1 N–H and O–H groups in total. The third-order valence-corrected chi connectivity index (χ3v) is 5.34. The molecule has 6 aromatic rings. The minimum Gasteiger partial charge on any atom is -0.274 e. The number of hydrogen-bond acceptors (Lipinski definition) is 5. The molecule has 0 spiro atoms. The van der Waals surface area contributed by atoms with Crippen LogP contribution in [0.5, 0.6) is 0 Å². The number of nitrogens with zero attached hydrogens (tertiary/aromatic N) is 7. The molecule has 0 radical (unpaired) electrons. The van der Waals surface area contributed by atoms with Crippen LogP contribution in [0, 0.1) is 0 Å². The van der Waals surface area contributed by atoms with Gasteiger partial charge in [0.25, 0.3) is 0 Å². The maximum atomic E-state index is 4.72. The molecule has 0 unspecified atom stereocenters. The van der Waals surface area contributed by atoms with Crippen molar-refractivity contribution >= 4 is 32.6 Å². The molecule has 0 saturated heterocycles. The highest BCUT2D eigenvalue weighted by Gasteiger charge is 2.16. The predicted octanol–water partition coefficient (Wildman–Crippen LogP) is 4.28. The molecular formula is C21H13BrN8. The number of aromatic nitrogens is 8. The summed E-state index contributed by atoms with van der Waals surface area (Å²) in [7, 11) is 0. The minimum atomic E-state index is 0.547. The van der Waals surface area contributed by atoms with Gasteiger partial charge < -0.3 is 0 Å². The van der Waals surface area contributed by atoms with Crippen molar-refractivity contribution in [3.8, 4) is 28.5 Å². The van der Waals surface area contributed by atoms with E-state index in [4.69, 9.17) is 4.98 Å². The van der Waals surface area contributed by atoms with Gasteiger partial charge in [0.1, 0.15) is 12.0 Å². The van der Waals surface area contributed by atoms with Crippen molar-refractivity contribution in [2.24, 2.45) is 0 Å². The highest BCUT2D eigenvalue weighted by Crippen LogP contribution is 2.26. The molecule has 30 heavy (non-hydrogen) atoms. The van der Waals surface area contributed by atoms with Gasteiger partial charge in [0.15, 0.2) is 17.1 Å². The third-order valence-electron chi connectivity index (χ3n) is 4.85. The lowest BCUT2D eigenvalue weighted by molar-refractivity contribution is 0.882. The Bertz CT molecular complexity index is 1510. The van der Waals surface area contributed by atoms with Crippen molar-refractivity contribution in [2.75, 3.05) is 0 Å². The third kappa shape index (κ3) is 2.71. The smallest absolute Gasteiger partial charge is 0.200 e.